The number of rotatable bonds is 13. The summed E-state index contributed by atoms with van der Waals surface area (Å²) in [5, 5.41) is 1.20. The molecule has 2 aromatic heterocycles. The number of H-pyrrole nitrogens is 1. The number of nitrogens with one attached hydrogen (secondary N) is 1. The number of aromatic amines is 1. The zero-order valence-electron chi connectivity index (χ0n) is 39.9. The topological polar surface area (TPSA) is 168 Å². The number of aromatic nitrogens is 2. The SMILES string of the molecule is CC(=O)O[C@@H]1[C@H](OC(C)=O)[C@H](C)O[C@H](n2c(-c3[nH]c4cc(F)ccc4c3C[C@@H]3CCCN3C(=O)OCc3ccccc3)c(C[C@@H]3CCCN3C(=O)OCc3ccccc3)c3ccc(F)cc32)[C@H]1OC(C)=O. The quantitative estimate of drug-likeness (QED) is 0.0865. The van der Waals surface area contributed by atoms with E-state index < -0.39 is 78.4 Å². The number of ether oxygens (including phenoxy) is 6. The highest BCUT2D eigenvalue weighted by molar-refractivity contribution is 5.97. The molecule has 15 nitrogen and oxygen atoms in total. The van der Waals surface area contributed by atoms with Crippen molar-refractivity contribution in [2.24, 2.45) is 0 Å². The molecule has 1 N–H and O–H groups in total. The van der Waals surface area contributed by atoms with Crippen LogP contribution in [-0.4, -0.2) is 99.0 Å². The largest absolute Gasteiger partial charge is 0.456 e. The van der Waals surface area contributed by atoms with Gasteiger partial charge in [0.05, 0.1) is 23.0 Å². The Hall–Kier alpha value is -7.27. The molecule has 3 saturated heterocycles. The summed E-state index contributed by atoms with van der Waals surface area (Å²) >= 11 is 0. The first-order valence-electron chi connectivity index (χ1n) is 24.0. The van der Waals surface area contributed by atoms with Gasteiger partial charge in [-0.1, -0.05) is 60.7 Å². The number of amides is 2. The number of carbonyl (C=O) groups is 5. The van der Waals surface area contributed by atoms with Gasteiger partial charge in [-0.15, -0.1) is 0 Å². The molecule has 7 atom stereocenters. The van der Waals surface area contributed by atoms with Gasteiger partial charge in [-0.2, -0.15) is 0 Å². The molecule has 3 aliphatic heterocycles. The molecular formula is C54H56F2N4O11. The van der Waals surface area contributed by atoms with E-state index >= 15 is 8.78 Å². The lowest BCUT2D eigenvalue weighted by atomic mass is 9.94. The lowest BCUT2D eigenvalue weighted by Gasteiger charge is -2.44. The molecule has 0 unspecified atom stereocenters. The maximum absolute atomic E-state index is 16.0. The third kappa shape index (κ3) is 10.5. The van der Waals surface area contributed by atoms with Gasteiger partial charge in [-0.3, -0.25) is 14.4 Å². The predicted molar refractivity (Wildman–Crippen MR) is 256 cm³/mol. The number of carbonyl (C=O) groups excluding carboxylic acids is 5. The summed E-state index contributed by atoms with van der Waals surface area (Å²) in [6.07, 6.45) is -4.48. The molecule has 6 aromatic rings. The van der Waals surface area contributed by atoms with E-state index in [9.17, 15) is 24.0 Å². The molecule has 71 heavy (non-hydrogen) atoms. The molecule has 2 amide bonds. The van der Waals surface area contributed by atoms with Gasteiger partial charge in [0.1, 0.15) is 24.8 Å². The lowest BCUT2D eigenvalue weighted by molar-refractivity contribution is -0.258. The minimum Gasteiger partial charge on any atom is -0.456 e. The highest BCUT2D eigenvalue weighted by Gasteiger charge is 2.52. The second kappa shape index (κ2) is 21.0. The Morgan fingerprint density at radius 2 is 1.14 bits per heavy atom. The fourth-order valence-electron chi connectivity index (χ4n) is 10.6. The van der Waals surface area contributed by atoms with E-state index in [1.165, 1.54) is 45.0 Å². The van der Waals surface area contributed by atoms with Crippen LogP contribution in [0.15, 0.2) is 97.1 Å². The Morgan fingerprint density at radius 3 is 1.70 bits per heavy atom. The molecule has 5 heterocycles. The van der Waals surface area contributed by atoms with E-state index in [1.54, 1.807) is 33.4 Å². The van der Waals surface area contributed by atoms with E-state index in [0.29, 0.717) is 77.6 Å². The van der Waals surface area contributed by atoms with E-state index in [2.05, 4.69) is 4.98 Å². The second-order valence-corrected chi connectivity index (χ2v) is 18.4. The fourth-order valence-corrected chi connectivity index (χ4v) is 10.6. The molecule has 3 aliphatic rings. The van der Waals surface area contributed by atoms with Crippen LogP contribution in [0.3, 0.4) is 0 Å². The van der Waals surface area contributed by atoms with Crippen molar-refractivity contribution in [3.63, 3.8) is 0 Å². The van der Waals surface area contributed by atoms with Crippen LogP contribution in [0.1, 0.15) is 81.9 Å². The van der Waals surface area contributed by atoms with Crippen LogP contribution < -0.4 is 0 Å². The molecule has 0 bridgehead atoms. The van der Waals surface area contributed by atoms with Crippen molar-refractivity contribution < 1.29 is 61.2 Å². The van der Waals surface area contributed by atoms with Crippen LogP contribution in [0.5, 0.6) is 0 Å². The van der Waals surface area contributed by atoms with Crippen LogP contribution in [0.2, 0.25) is 0 Å². The van der Waals surface area contributed by atoms with Gasteiger partial charge in [-0.05, 0) is 104 Å². The maximum Gasteiger partial charge on any atom is 0.410 e. The molecule has 3 fully saturated rings. The first-order valence-corrected chi connectivity index (χ1v) is 24.0. The van der Waals surface area contributed by atoms with Crippen LogP contribution in [0.4, 0.5) is 18.4 Å². The van der Waals surface area contributed by atoms with Crippen molar-refractivity contribution in [1.82, 2.24) is 19.4 Å². The Kier molecular flexibility index (Phi) is 14.4. The van der Waals surface area contributed by atoms with Gasteiger partial charge in [0.15, 0.2) is 24.5 Å². The zero-order chi connectivity index (χ0) is 49.9. The average Bonchev–Trinajstić information content (AvgIpc) is 4.15. The summed E-state index contributed by atoms with van der Waals surface area (Å²) in [7, 11) is 0. The number of likely N-dealkylation sites (tertiary alicyclic amines) is 2. The van der Waals surface area contributed by atoms with E-state index in [1.807, 2.05) is 60.7 Å². The predicted octanol–water partition coefficient (Wildman–Crippen LogP) is 9.47. The highest BCUT2D eigenvalue weighted by atomic mass is 19.1. The van der Waals surface area contributed by atoms with Crippen molar-refractivity contribution in [3.05, 3.63) is 131 Å². The number of nitrogens with zero attached hydrogens (tertiary/aromatic N) is 3. The maximum atomic E-state index is 16.0. The molecule has 9 rings (SSSR count). The van der Waals surface area contributed by atoms with Crippen molar-refractivity contribution in [3.8, 4) is 11.4 Å². The lowest BCUT2D eigenvalue weighted by Crippen LogP contribution is -2.58. The van der Waals surface area contributed by atoms with Crippen LogP contribution >= 0.6 is 0 Å². The van der Waals surface area contributed by atoms with Crippen molar-refractivity contribution >= 4 is 51.9 Å². The third-order valence-corrected chi connectivity index (χ3v) is 13.6. The van der Waals surface area contributed by atoms with Crippen molar-refractivity contribution in [2.45, 2.75) is 122 Å². The van der Waals surface area contributed by atoms with Crippen LogP contribution in [0, 0.1) is 11.6 Å². The molecular weight excluding hydrogens is 919 g/mol. The fraction of sp³-hybridized carbons (Fsp3) is 0.389. The van der Waals surface area contributed by atoms with Crippen LogP contribution in [0.25, 0.3) is 33.2 Å². The summed E-state index contributed by atoms with van der Waals surface area (Å²) in [6.45, 7) is 6.15. The summed E-state index contributed by atoms with van der Waals surface area (Å²) in [4.78, 5) is 73.4. The minimum atomic E-state index is -1.49. The second-order valence-electron chi connectivity index (χ2n) is 18.4. The third-order valence-electron chi connectivity index (χ3n) is 13.6. The van der Waals surface area contributed by atoms with Gasteiger partial charge in [-0.25, -0.2) is 18.4 Å². The van der Waals surface area contributed by atoms with Crippen molar-refractivity contribution in [1.29, 1.82) is 0 Å². The summed E-state index contributed by atoms with van der Waals surface area (Å²) in [6, 6.07) is 26.6. The van der Waals surface area contributed by atoms with Gasteiger partial charge in [0.2, 0.25) is 0 Å². The van der Waals surface area contributed by atoms with Gasteiger partial charge in [0, 0.05) is 62.2 Å². The number of halogens is 2. The standard InChI is InChI=1S/C54H56F2N4O11/c1-31-49(69-32(2)61)50(70-33(3)62)51(71-34(4)63)52(68-31)60-46-26-38(56)20-22-42(46)44(28-40-18-12-24-59(40)54(65)67-30-36-15-9-6-10-16-36)48(60)47-43(41-21-19-37(55)25-45(41)57-47)27-39-17-11-23-58(39)53(64)66-29-35-13-7-5-8-14-35/h5-10,13-16,19-22,25-26,31,39-40,49-52,57H,11-12,17-18,23-24,27-30H2,1-4H3/t31-,39-,40-,49+,50+,51-,52-/m0/s1. The van der Waals surface area contributed by atoms with E-state index in [4.69, 9.17) is 28.4 Å². The van der Waals surface area contributed by atoms with Gasteiger partial charge >= 0.3 is 30.1 Å². The Bertz CT molecular complexity index is 2940. The summed E-state index contributed by atoms with van der Waals surface area (Å²) < 4.78 is 69.1. The Labute approximate surface area is 408 Å². The minimum absolute atomic E-state index is 0.0618. The molecule has 372 valence electrons. The highest BCUT2D eigenvalue weighted by Crippen LogP contribution is 2.46. The van der Waals surface area contributed by atoms with E-state index in [-0.39, 0.29) is 37.6 Å². The number of hydrogen-bond donors (Lipinski definition) is 1. The molecule has 0 spiro atoms. The molecule has 17 heteroatoms. The summed E-state index contributed by atoms with van der Waals surface area (Å²) in [5.41, 5.74) is 4.57. The van der Waals surface area contributed by atoms with Gasteiger partial charge in [0.25, 0.3) is 0 Å². The molecule has 0 radical (unpaired) electrons. The molecule has 0 aliphatic carbocycles. The number of fused-ring (bicyclic) bond motifs is 2. The number of esters is 3. The average molecular weight is 975 g/mol. The van der Waals surface area contributed by atoms with Crippen molar-refractivity contribution in [2.75, 3.05) is 13.1 Å². The zero-order valence-corrected chi connectivity index (χ0v) is 39.9. The monoisotopic (exact) mass is 974 g/mol. The van der Waals surface area contributed by atoms with Crippen LogP contribution in [-0.2, 0) is 68.9 Å². The Morgan fingerprint density at radius 1 is 0.634 bits per heavy atom. The Balaban J connectivity index is 1.22. The molecule has 0 saturated carbocycles. The normalized spacial score (nSPS) is 22.1. The molecule has 4 aromatic carbocycles. The first-order chi connectivity index (χ1) is 34.2. The number of hydrogen-bond acceptors (Lipinski definition) is 11. The smallest absolute Gasteiger partial charge is 0.410 e. The first kappa shape index (κ1) is 48.7. The summed E-state index contributed by atoms with van der Waals surface area (Å²) in [5.74, 6) is -3.37. The van der Waals surface area contributed by atoms with Gasteiger partial charge < -0.3 is 47.8 Å². The number of benzene rings is 4. The van der Waals surface area contributed by atoms with E-state index in [0.717, 1.165) is 11.1 Å².